The summed E-state index contributed by atoms with van der Waals surface area (Å²) in [7, 11) is 3.23. The molecule has 0 spiro atoms. The monoisotopic (exact) mass is 165 g/mol. The van der Waals surface area contributed by atoms with Crippen LogP contribution in [0.2, 0.25) is 0 Å². The van der Waals surface area contributed by atoms with E-state index in [1.54, 1.807) is 11.9 Å². The van der Waals surface area contributed by atoms with E-state index in [0.29, 0.717) is 6.61 Å². The molecule has 2 nitrogen and oxygen atoms in total. The Bertz CT molecular complexity index is 140. The van der Waals surface area contributed by atoms with E-state index in [-0.39, 0.29) is 19.0 Å². The quantitative estimate of drug-likeness (QED) is 0.604. The van der Waals surface area contributed by atoms with Crippen LogP contribution in [-0.2, 0) is 4.74 Å². The summed E-state index contributed by atoms with van der Waals surface area (Å²) in [5.74, 6) is -2.52. The van der Waals surface area contributed by atoms with E-state index in [0.717, 1.165) is 0 Å². The summed E-state index contributed by atoms with van der Waals surface area (Å²) >= 11 is 0. The summed E-state index contributed by atoms with van der Waals surface area (Å²) < 4.78 is 30.2. The predicted octanol–water partition coefficient (Wildman–Crippen LogP) is 0.972. The maximum atomic E-state index is 12.7. The highest BCUT2D eigenvalue weighted by Crippen LogP contribution is 2.30. The Morgan fingerprint density at radius 1 is 1.64 bits per heavy atom. The van der Waals surface area contributed by atoms with E-state index in [9.17, 15) is 8.78 Å². The molecule has 0 saturated carbocycles. The highest BCUT2D eigenvalue weighted by Gasteiger charge is 2.42. The fourth-order valence-corrected chi connectivity index (χ4v) is 1.44. The number of rotatable bonds is 2. The van der Waals surface area contributed by atoms with Gasteiger partial charge in [0.1, 0.15) is 0 Å². The molecule has 11 heavy (non-hydrogen) atoms. The van der Waals surface area contributed by atoms with Crippen molar-refractivity contribution in [3.63, 3.8) is 0 Å². The van der Waals surface area contributed by atoms with Gasteiger partial charge < -0.3 is 4.74 Å². The summed E-state index contributed by atoms with van der Waals surface area (Å²) in [4.78, 5) is 1.64. The van der Waals surface area contributed by atoms with Gasteiger partial charge in [-0.05, 0) is 7.05 Å². The number of likely N-dealkylation sites (N-methyl/N-ethyl adjacent to an activating group) is 1. The fraction of sp³-hybridized carbons (Fsp3) is 1.00. The van der Waals surface area contributed by atoms with Crippen molar-refractivity contribution in [1.82, 2.24) is 4.90 Å². The van der Waals surface area contributed by atoms with Gasteiger partial charge in [-0.25, -0.2) is 8.78 Å². The summed E-state index contributed by atoms with van der Waals surface area (Å²) in [6.07, 6.45) is -0.0721. The molecule has 4 heteroatoms. The Hall–Kier alpha value is -0.220. The van der Waals surface area contributed by atoms with Crippen molar-refractivity contribution in [3.8, 4) is 0 Å². The number of ether oxygens (including phenoxy) is 1. The molecule has 0 aromatic rings. The number of nitrogens with zero attached hydrogens (tertiary/aromatic N) is 1. The van der Waals surface area contributed by atoms with Crippen LogP contribution in [0.4, 0.5) is 8.78 Å². The van der Waals surface area contributed by atoms with Crippen LogP contribution in [0.5, 0.6) is 0 Å². The summed E-state index contributed by atoms with van der Waals surface area (Å²) in [5, 5.41) is 0. The van der Waals surface area contributed by atoms with Crippen molar-refractivity contribution in [1.29, 1.82) is 0 Å². The number of hydrogen-bond donors (Lipinski definition) is 0. The van der Waals surface area contributed by atoms with Crippen molar-refractivity contribution in [2.24, 2.45) is 0 Å². The van der Waals surface area contributed by atoms with Crippen LogP contribution >= 0.6 is 0 Å². The summed E-state index contributed by atoms with van der Waals surface area (Å²) in [5.41, 5.74) is 0. The van der Waals surface area contributed by atoms with Crippen molar-refractivity contribution in [2.75, 3.05) is 27.3 Å². The second kappa shape index (κ2) is 3.03. The third-order valence-electron chi connectivity index (χ3n) is 2.00. The zero-order valence-corrected chi connectivity index (χ0v) is 6.81. The first-order chi connectivity index (χ1) is 5.05. The van der Waals surface area contributed by atoms with Gasteiger partial charge in [0, 0.05) is 19.6 Å². The molecule has 0 bridgehead atoms. The molecular formula is C7H13F2NO. The Kier molecular flexibility index (Phi) is 2.44. The fourth-order valence-electron chi connectivity index (χ4n) is 1.44. The Labute approximate surface area is 65.1 Å². The number of likely N-dealkylation sites (tertiary alicyclic amines) is 1. The van der Waals surface area contributed by atoms with Gasteiger partial charge in [0.05, 0.1) is 13.2 Å². The van der Waals surface area contributed by atoms with Gasteiger partial charge in [-0.15, -0.1) is 0 Å². The molecule has 0 radical (unpaired) electrons. The van der Waals surface area contributed by atoms with E-state index in [2.05, 4.69) is 0 Å². The number of hydrogen-bond acceptors (Lipinski definition) is 2. The van der Waals surface area contributed by atoms with Crippen LogP contribution < -0.4 is 0 Å². The lowest BCUT2D eigenvalue weighted by Crippen LogP contribution is -2.29. The zero-order valence-electron chi connectivity index (χ0n) is 6.81. The first-order valence-electron chi connectivity index (χ1n) is 3.62. The number of methoxy groups -OCH3 is 1. The maximum Gasteiger partial charge on any atom is 0.262 e. The maximum absolute atomic E-state index is 12.7. The van der Waals surface area contributed by atoms with Gasteiger partial charge in [-0.2, -0.15) is 0 Å². The number of alkyl halides is 2. The lowest BCUT2D eigenvalue weighted by Gasteiger charge is -2.16. The summed E-state index contributed by atoms with van der Waals surface area (Å²) in [6.45, 7) is 0.257. The van der Waals surface area contributed by atoms with Crippen molar-refractivity contribution in [2.45, 2.75) is 18.4 Å². The molecule has 1 fully saturated rings. The minimum atomic E-state index is -2.52. The van der Waals surface area contributed by atoms with Crippen LogP contribution in [0.15, 0.2) is 0 Å². The highest BCUT2D eigenvalue weighted by atomic mass is 19.3. The molecule has 0 amide bonds. The molecule has 1 aliphatic heterocycles. The third kappa shape index (κ3) is 2.10. The van der Waals surface area contributed by atoms with Crippen LogP contribution in [0.25, 0.3) is 0 Å². The molecule has 0 aromatic carbocycles. The van der Waals surface area contributed by atoms with E-state index < -0.39 is 5.92 Å². The van der Waals surface area contributed by atoms with E-state index in [1.807, 2.05) is 0 Å². The average molecular weight is 165 g/mol. The molecule has 0 N–H and O–H groups in total. The lowest BCUT2D eigenvalue weighted by atomic mass is 10.2. The molecule has 1 aliphatic rings. The third-order valence-corrected chi connectivity index (χ3v) is 2.00. The average Bonchev–Trinajstić information content (AvgIpc) is 2.07. The molecule has 1 heterocycles. The van der Waals surface area contributed by atoms with Gasteiger partial charge in [0.15, 0.2) is 0 Å². The van der Waals surface area contributed by atoms with Gasteiger partial charge in [0.2, 0.25) is 0 Å². The topological polar surface area (TPSA) is 12.5 Å². The van der Waals surface area contributed by atoms with Gasteiger partial charge in [-0.1, -0.05) is 0 Å². The number of halogens is 2. The van der Waals surface area contributed by atoms with Crippen LogP contribution in [0.1, 0.15) is 6.42 Å². The molecule has 1 atom stereocenters. The Morgan fingerprint density at radius 2 is 2.27 bits per heavy atom. The molecule has 1 rings (SSSR count). The first kappa shape index (κ1) is 8.87. The van der Waals surface area contributed by atoms with Gasteiger partial charge in [0.25, 0.3) is 5.92 Å². The van der Waals surface area contributed by atoms with Crippen molar-refractivity contribution in [3.05, 3.63) is 0 Å². The second-order valence-corrected chi connectivity index (χ2v) is 3.08. The Balaban J connectivity index is 2.45. The zero-order chi connectivity index (χ0) is 8.48. The molecule has 0 aromatic heterocycles. The van der Waals surface area contributed by atoms with E-state index >= 15 is 0 Å². The minimum Gasteiger partial charge on any atom is -0.383 e. The van der Waals surface area contributed by atoms with Crippen LogP contribution in [0, 0.1) is 0 Å². The highest BCUT2D eigenvalue weighted by molar-refractivity contribution is 4.88. The van der Waals surface area contributed by atoms with Crippen LogP contribution in [-0.4, -0.2) is 44.2 Å². The SMILES string of the molecule is COC[C@@H]1CC(F)(F)CN1C. The van der Waals surface area contributed by atoms with Crippen molar-refractivity contribution < 1.29 is 13.5 Å². The normalized spacial score (nSPS) is 31.1. The lowest BCUT2D eigenvalue weighted by molar-refractivity contribution is 0.0133. The van der Waals surface area contributed by atoms with Crippen molar-refractivity contribution >= 4 is 0 Å². The molecular weight excluding hydrogens is 152 g/mol. The largest absolute Gasteiger partial charge is 0.383 e. The first-order valence-corrected chi connectivity index (χ1v) is 3.62. The predicted molar refractivity (Wildman–Crippen MR) is 37.9 cm³/mol. The van der Waals surface area contributed by atoms with E-state index in [1.165, 1.54) is 7.11 Å². The van der Waals surface area contributed by atoms with Crippen LogP contribution in [0.3, 0.4) is 0 Å². The minimum absolute atomic E-state index is 0.0721. The molecule has 66 valence electrons. The molecule has 1 saturated heterocycles. The van der Waals surface area contributed by atoms with E-state index in [4.69, 9.17) is 4.74 Å². The summed E-state index contributed by atoms with van der Waals surface area (Å²) in [6, 6.07) is -0.116. The standard InChI is InChI=1S/C7H13F2NO/c1-10-5-7(8,9)3-6(10)4-11-2/h6H,3-5H2,1-2H3/t6-/m0/s1. The van der Waals surface area contributed by atoms with Gasteiger partial charge in [-0.3, -0.25) is 4.90 Å². The molecule has 0 aliphatic carbocycles. The van der Waals surface area contributed by atoms with Gasteiger partial charge >= 0.3 is 0 Å². The second-order valence-electron chi connectivity index (χ2n) is 3.08. The smallest absolute Gasteiger partial charge is 0.262 e. The molecule has 0 unspecified atom stereocenters. The Morgan fingerprint density at radius 3 is 2.64 bits per heavy atom.